The second-order valence-electron chi connectivity index (χ2n) is 9.40. The number of H-pyrrole nitrogens is 1. The zero-order chi connectivity index (χ0) is 21.1. The van der Waals surface area contributed by atoms with Gasteiger partial charge in [0.1, 0.15) is 12.1 Å². The normalized spacial score (nSPS) is 24.7. The number of hydrogen-bond acceptors (Lipinski definition) is 3. The van der Waals surface area contributed by atoms with Crippen LogP contribution < -0.4 is 5.32 Å². The summed E-state index contributed by atoms with van der Waals surface area (Å²) in [6.07, 6.45) is 1.40. The van der Waals surface area contributed by atoms with Gasteiger partial charge >= 0.3 is 0 Å². The van der Waals surface area contributed by atoms with Crippen molar-refractivity contribution in [3.05, 3.63) is 34.5 Å². The van der Waals surface area contributed by atoms with E-state index in [4.69, 9.17) is 11.6 Å². The monoisotopic (exact) mass is 417 g/mol. The number of amides is 2. The lowest BCUT2D eigenvalue weighted by molar-refractivity contribution is -0.155. The number of benzene rings is 1. The van der Waals surface area contributed by atoms with Gasteiger partial charge in [-0.15, -0.1) is 0 Å². The van der Waals surface area contributed by atoms with E-state index >= 15 is 0 Å². The second kappa shape index (κ2) is 7.03. The minimum atomic E-state index is -1.05. The van der Waals surface area contributed by atoms with Crippen LogP contribution in [-0.2, 0) is 16.0 Å². The molecular formula is C22H28ClN3O3. The maximum atomic E-state index is 13.4. The van der Waals surface area contributed by atoms with Crippen molar-refractivity contribution in [3.8, 4) is 0 Å². The van der Waals surface area contributed by atoms with Crippen LogP contribution in [0.5, 0.6) is 0 Å². The quantitative estimate of drug-likeness (QED) is 0.713. The topological polar surface area (TPSA) is 85.4 Å². The van der Waals surface area contributed by atoms with Crippen LogP contribution >= 0.6 is 11.6 Å². The van der Waals surface area contributed by atoms with Crippen molar-refractivity contribution >= 4 is 34.3 Å². The van der Waals surface area contributed by atoms with E-state index in [2.05, 4.69) is 24.1 Å². The zero-order valence-electron chi connectivity index (χ0n) is 17.3. The Morgan fingerprint density at radius 3 is 2.69 bits per heavy atom. The Hall–Kier alpha value is -2.05. The Morgan fingerprint density at radius 1 is 1.31 bits per heavy atom. The van der Waals surface area contributed by atoms with Crippen LogP contribution in [0.1, 0.15) is 57.8 Å². The molecule has 156 valence electrons. The SMILES string of the molecule is CC(C)C[C@H]1c2[nH]c3cc(Cl)ccc3c2C[C@H]2C(=O)N[C@@H](CC(C)(C)O)C(=O)N21. The van der Waals surface area contributed by atoms with Gasteiger partial charge in [-0.1, -0.05) is 31.5 Å². The highest BCUT2D eigenvalue weighted by Gasteiger charge is 2.49. The number of aromatic nitrogens is 1. The molecule has 2 aromatic rings. The third kappa shape index (κ3) is 3.64. The molecule has 2 aliphatic heterocycles. The Bertz CT molecular complexity index is 976. The number of nitrogens with zero attached hydrogens (tertiary/aromatic N) is 1. The first-order chi connectivity index (χ1) is 13.5. The molecule has 1 aromatic carbocycles. The van der Waals surface area contributed by atoms with Gasteiger partial charge in [0.2, 0.25) is 11.8 Å². The number of aliphatic hydroxyl groups is 1. The lowest BCUT2D eigenvalue weighted by Gasteiger charge is -2.47. The van der Waals surface area contributed by atoms with Crippen LogP contribution in [0, 0.1) is 5.92 Å². The van der Waals surface area contributed by atoms with Crippen LogP contribution in [-0.4, -0.2) is 44.5 Å². The van der Waals surface area contributed by atoms with E-state index in [1.54, 1.807) is 18.7 Å². The summed E-state index contributed by atoms with van der Waals surface area (Å²) >= 11 is 6.18. The number of piperazine rings is 1. The maximum absolute atomic E-state index is 13.4. The van der Waals surface area contributed by atoms with Gasteiger partial charge in [-0.25, -0.2) is 0 Å². The Labute approximate surface area is 175 Å². The molecule has 2 aliphatic rings. The molecule has 0 unspecified atom stereocenters. The molecule has 2 amide bonds. The van der Waals surface area contributed by atoms with Crippen molar-refractivity contribution in [2.45, 2.75) is 70.7 Å². The van der Waals surface area contributed by atoms with Crippen LogP contribution in [0.15, 0.2) is 18.2 Å². The third-order valence-corrected chi connectivity index (χ3v) is 6.11. The van der Waals surface area contributed by atoms with Crippen LogP contribution in [0.25, 0.3) is 10.9 Å². The summed E-state index contributed by atoms with van der Waals surface area (Å²) in [7, 11) is 0. The first kappa shape index (κ1) is 20.2. The first-order valence-corrected chi connectivity index (χ1v) is 10.6. The molecule has 0 radical (unpaired) electrons. The van der Waals surface area contributed by atoms with Gasteiger partial charge in [-0.3, -0.25) is 9.59 Å². The first-order valence-electron chi connectivity index (χ1n) is 10.2. The molecule has 7 heteroatoms. The summed E-state index contributed by atoms with van der Waals surface area (Å²) in [5.74, 6) is 0.0680. The summed E-state index contributed by atoms with van der Waals surface area (Å²) in [6, 6.07) is 4.26. The number of carbonyl (C=O) groups excluding carboxylic acids is 2. The Morgan fingerprint density at radius 2 is 2.03 bits per heavy atom. The second-order valence-corrected chi connectivity index (χ2v) is 9.83. The average molecular weight is 418 g/mol. The molecule has 0 aliphatic carbocycles. The molecule has 1 fully saturated rings. The van der Waals surface area contributed by atoms with E-state index in [-0.39, 0.29) is 24.3 Å². The fraction of sp³-hybridized carbons (Fsp3) is 0.545. The molecule has 1 aromatic heterocycles. The van der Waals surface area contributed by atoms with Gasteiger partial charge in [0.15, 0.2) is 0 Å². The van der Waals surface area contributed by atoms with Gasteiger partial charge in [0.05, 0.1) is 11.6 Å². The number of hydrogen-bond donors (Lipinski definition) is 3. The number of fused-ring (bicyclic) bond motifs is 4. The molecule has 3 N–H and O–H groups in total. The van der Waals surface area contributed by atoms with Gasteiger partial charge < -0.3 is 20.3 Å². The maximum Gasteiger partial charge on any atom is 0.246 e. The molecule has 29 heavy (non-hydrogen) atoms. The van der Waals surface area contributed by atoms with Crippen molar-refractivity contribution in [3.63, 3.8) is 0 Å². The minimum Gasteiger partial charge on any atom is -0.390 e. The summed E-state index contributed by atoms with van der Waals surface area (Å²) in [5, 5.41) is 14.8. The number of aromatic amines is 1. The lowest BCUT2D eigenvalue weighted by atomic mass is 9.84. The number of rotatable bonds is 4. The van der Waals surface area contributed by atoms with Gasteiger partial charge in [0, 0.05) is 34.5 Å². The molecule has 6 nitrogen and oxygen atoms in total. The Kier molecular flexibility index (Phi) is 4.90. The third-order valence-electron chi connectivity index (χ3n) is 5.87. The molecule has 0 saturated carbocycles. The fourth-order valence-corrected chi connectivity index (χ4v) is 4.92. The zero-order valence-corrected chi connectivity index (χ0v) is 18.0. The van der Waals surface area contributed by atoms with Crippen LogP contribution in [0.4, 0.5) is 0 Å². The molecule has 3 atom stereocenters. The summed E-state index contributed by atoms with van der Waals surface area (Å²) in [5.41, 5.74) is 1.97. The van der Waals surface area contributed by atoms with Crippen molar-refractivity contribution in [2.75, 3.05) is 0 Å². The predicted molar refractivity (Wildman–Crippen MR) is 113 cm³/mol. The molecule has 1 saturated heterocycles. The van der Waals surface area contributed by atoms with E-state index < -0.39 is 17.7 Å². The largest absolute Gasteiger partial charge is 0.390 e. The average Bonchev–Trinajstić information content (AvgIpc) is 2.95. The molecular weight excluding hydrogens is 390 g/mol. The van der Waals surface area contributed by atoms with Crippen molar-refractivity contribution in [2.24, 2.45) is 5.92 Å². The summed E-state index contributed by atoms with van der Waals surface area (Å²) in [4.78, 5) is 31.7. The summed E-state index contributed by atoms with van der Waals surface area (Å²) < 4.78 is 0. The van der Waals surface area contributed by atoms with Gasteiger partial charge in [-0.05, 0) is 43.9 Å². The van der Waals surface area contributed by atoms with Crippen LogP contribution in [0.2, 0.25) is 5.02 Å². The van der Waals surface area contributed by atoms with Gasteiger partial charge in [-0.2, -0.15) is 0 Å². The van der Waals surface area contributed by atoms with Crippen molar-refractivity contribution in [1.29, 1.82) is 0 Å². The molecule has 0 bridgehead atoms. The molecule has 4 rings (SSSR count). The number of halogens is 1. The minimum absolute atomic E-state index is 0.121. The molecule has 0 spiro atoms. The van der Waals surface area contributed by atoms with E-state index in [9.17, 15) is 14.7 Å². The molecule has 3 heterocycles. The van der Waals surface area contributed by atoms with E-state index in [1.807, 2.05) is 18.2 Å². The fourth-order valence-electron chi connectivity index (χ4n) is 4.75. The van der Waals surface area contributed by atoms with E-state index in [0.29, 0.717) is 17.4 Å². The highest BCUT2D eigenvalue weighted by atomic mass is 35.5. The highest BCUT2D eigenvalue weighted by Crippen LogP contribution is 2.42. The standard InChI is InChI=1S/C22H28ClN3O3/c1-11(2)7-17-19-14(13-6-5-12(23)8-15(13)24-19)9-18-20(27)25-16(10-22(3,4)29)21(28)26(17)18/h5-6,8,11,16-18,24,29H,7,9-10H2,1-4H3,(H,25,27)/t16-,17-,18-/m0/s1. The van der Waals surface area contributed by atoms with Crippen molar-refractivity contribution < 1.29 is 14.7 Å². The predicted octanol–water partition coefficient (Wildman–Crippen LogP) is 3.32. The Balaban J connectivity index is 1.81. The van der Waals surface area contributed by atoms with E-state index in [1.165, 1.54) is 0 Å². The number of nitrogens with one attached hydrogen (secondary N) is 2. The van der Waals surface area contributed by atoms with Crippen molar-refractivity contribution in [1.82, 2.24) is 15.2 Å². The number of carbonyl (C=O) groups is 2. The lowest BCUT2D eigenvalue weighted by Crippen LogP contribution is -2.66. The van der Waals surface area contributed by atoms with Gasteiger partial charge in [0.25, 0.3) is 0 Å². The van der Waals surface area contributed by atoms with Crippen LogP contribution in [0.3, 0.4) is 0 Å². The smallest absolute Gasteiger partial charge is 0.246 e. The van der Waals surface area contributed by atoms with E-state index in [0.717, 1.165) is 28.6 Å². The highest BCUT2D eigenvalue weighted by molar-refractivity contribution is 6.31. The summed E-state index contributed by atoms with van der Waals surface area (Å²) in [6.45, 7) is 7.54.